The Bertz CT molecular complexity index is 532. The van der Waals surface area contributed by atoms with Gasteiger partial charge in [-0.05, 0) is 30.5 Å². The molecule has 1 aliphatic carbocycles. The molecule has 0 spiro atoms. The predicted molar refractivity (Wildman–Crippen MR) is 72.0 cm³/mol. The van der Waals surface area contributed by atoms with Crippen LogP contribution in [0, 0.1) is 5.92 Å². The normalized spacial score (nSPS) is 15.1. The zero-order valence-corrected chi connectivity index (χ0v) is 9.82. The van der Waals surface area contributed by atoms with Crippen molar-refractivity contribution in [2.75, 3.05) is 17.6 Å². The van der Waals surface area contributed by atoms with Crippen LogP contribution in [0.1, 0.15) is 19.3 Å². The molecule has 1 fully saturated rings. The summed E-state index contributed by atoms with van der Waals surface area (Å²) in [6.07, 6.45) is 7.74. The zero-order chi connectivity index (χ0) is 11.7. The fourth-order valence-corrected chi connectivity index (χ4v) is 2.18. The molecule has 1 aromatic heterocycles. The second-order valence-corrected chi connectivity index (χ2v) is 4.78. The average Bonchev–Trinajstić information content (AvgIpc) is 3.17. The summed E-state index contributed by atoms with van der Waals surface area (Å²) >= 11 is 0. The number of nitrogens with two attached hydrogens (primary N) is 1. The minimum atomic E-state index is 0.792. The van der Waals surface area contributed by atoms with Gasteiger partial charge < -0.3 is 11.1 Å². The second kappa shape index (κ2) is 4.24. The van der Waals surface area contributed by atoms with E-state index in [1.54, 1.807) is 0 Å². The largest absolute Gasteiger partial charge is 0.398 e. The van der Waals surface area contributed by atoms with Crippen molar-refractivity contribution in [2.24, 2.45) is 5.92 Å². The van der Waals surface area contributed by atoms with Gasteiger partial charge in [-0.1, -0.05) is 12.8 Å². The Hall–Kier alpha value is -1.77. The summed E-state index contributed by atoms with van der Waals surface area (Å²) in [4.78, 5) is 4.13. The van der Waals surface area contributed by atoms with Crippen LogP contribution in [0.5, 0.6) is 0 Å². The lowest BCUT2D eigenvalue weighted by atomic mass is 10.1. The first-order valence-corrected chi connectivity index (χ1v) is 6.20. The third-order valence-corrected chi connectivity index (χ3v) is 3.42. The standard InChI is InChI=1S/C14H17N3/c15-13-3-4-14(17-8-5-10-1-2-10)11-6-7-16-9-12(11)13/h3-4,6-7,9-10,17H,1-2,5,8,15H2. The molecular weight excluding hydrogens is 210 g/mol. The summed E-state index contributed by atoms with van der Waals surface area (Å²) < 4.78 is 0. The van der Waals surface area contributed by atoms with Gasteiger partial charge >= 0.3 is 0 Å². The van der Waals surface area contributed by atoms with E-state index in [4.69, 9.17) is 5.73 Å². The van der Waals surface area contributed by atoms with Crippen LogP contribution < -0.4 is 11.1 Å². The molecule has 3 N–H and O–H groups in total. The van der Waals surface area contributed by atoms with Crippen molar-refractivity contribution in [2.45, 2.75) is 19.3 Å². The quantitative estimate of drug-likeness (QED) is 0.789. The Labute approximate surface area is 101 Å². The number of nitrogen functional groups attached to an aromatic ring is 1. The smallest absolute Gasteiger partial charge is 0.0422 e. The van der Waals surface area contributed by atoms with Crippen molar-refractivity contribution in [3.63, 3.8) is 0 Å². The number of hydrogen-bond acceptors (Lipinski definition) is 3. The van der Waals surface area contributed by atoms with Gasteiger partial charge in [0.25, 0.3) is 0 Å². The van der Waals surface area contributed by atoms with Crippen molar-refractivity contribution in [1.82, 2.24) is 4.98 Å². The molecule has 3 heteroatoms. The molecular formula is C14H17N3. The molecule has 1 aliphatic rings. The third-order valence-electron chi connectivity index (χ3n) is 3.42. The van der Waals surface area contributed by atoms with Gasteiger partial charge in [-0.15, -0.1) is 0 Å². The van der Waals surface area contributed by atoms with Gasteiger partial charge in [0.05, 0.1) is 0 Å². The van der Waals surface area contributed by atoms with Gasteiger partial charge in [0, 0.05) is 41.1 Å². The first kappa shape index (κ1) is 10.4. The molecule has 1 heterocycles. The van der Waals surface area contributed by atoms with E-state index in [0.29, 0.717) is 0 Å². The number of fused-ring (bicyclic) bond motifs is 1. The Morgan fingerprint density at radius 3 is 2.94 bits per heavy atom. The van der Waals surface area contributed by atoms with Gasteiger partial charge in [0.1, 0.15) is 0 Å². The van der Waals surface area contributed by atoms with Gasteiger partial charge in [0.2, 0.25) is 0 Å². The highest BCUT2D eigenvalue weighted by molar-refractivity contribution is 6.00. The molecule has 0 amide bonds. The summed E-state index contributed by atoms with van der Waals surface area (Å²) in [7, 11) is 0. The highest BCUT2D eigenvalue weighted by Gasteiger charge is 2.20. The third kappa shape index (κ3) is 2.18. The number of pyridine rings is 1. The van der Waals surface area contributed by atoms with Gasteiger partial charge in [-0.3, -0.25) is 4.98 Å². The van der Waals surface area contributed by atoms with E-state index in [9.17, 15) is 0 Å². The number of aromatic nitrogens is 1. The molecule has 0 atom stereocenters. The Balaban J connectivity index is 1.84. The van der Waals surface area contributed by atoms with Crippen LogP contribution in [-0.4, -0.2) is 11.5 Å². The van der Waals surface area contributed by atoms with E-state index in [1.165, 1.54) is 19.3 Å². The van der Waals surface area contributed by atoms with Crippen molar-refractivity contribution in [3.05, 3.63) is 30.6 Å². The molecule has 17 heavy (non-hydrogen) atoms. The van der Waals surface area contributed by atoms with Crippen LogP contribution >= 0.6 is 0 Å². The topological polar surface area (TPSA) is 50.9 Å². The Morgan fingerprint density at radius 2 is 2.12 bits per heavy atom. The predicted octanol–water partition coefficient (Wildman–Crippen LogP) is 3.03. The summed E-state index contributed by atoms with van der Waals surface area (Å²) in [6, 6.07) is 6.03. The number of benzene rings is 1. The maximum absolute atomic E-state index is 5.94. The number of rotatable bonds is 4. The highest BCUT2D eigenvalue weighted by atomic mass is 14.9. The van der Waals surface area contributed by atoms with Crippen molar-refractivity contribution in [1.29, 1.82) is 0 Å². The van der Waals surface area contributed by atoms with E-state index in [2.05, 4.69) is 16.4 Å². The van der Waals surface area contributed by atoms with E-state index >= 15 is 0 Å². The van der Waals surface area contributed by atoms with Crippen LogP contribution in [0.2, 0.25) is 0 Å². The molecule has 0 bridgehead atoms. The second-order valence-electron chi connectivity index (χ2n) is 4.78. The Morgan fingerprint density at radius 1 is 1.24 bits per heavy atom. The maximum Gasteiger partial charge on any atom is 0.0422 e. The molecule has 0 saturated heterocycles. The van der Waals surface area contributed by atoms with Gasteiger partial charge in [0.15, 0.2) is 0 Å². The molecule has 1 aromatic carbocycles. The fourth-order valence-electron chi connectivity index (χ4n) is 2.18. The van der Waals surface area contributed by atoms with Crippen LogP contribution in [0.15, 0.2) is 30.6 Å². The van der Waals surface area contributed by atoms with Crippen molar-refractivity contribution < 1.29 is 0 Å². The first-order valence-electron chi connectivity index (χ1n) is 6.20. The fraction of sp³-hybridized carbons (Fsp3) is 0.357. The van der Waals surface area contributed by atoms with Crippen LogP contribution in [0.25, 0.3) is 10.8 Å². The highest BCUT2D eigenvalue weighted by Crippen LogP contribution is 2.33. The lowest BCUT2D eigenvalue weighted by Crippen LogP contribution is -2.03. The molecule has 1 saturated carbocycles. The summed E-state index contributed by atoms with van der Waals surface area (Å²) in [6.45, 7) is 1.05. The van der Waals surface area contributed by atoms with Crippen molar-refractivity contribution >= 4 is 22.1 Å². The first-order chi connectivity index (χ1) is 8.34. The number of hydrogen-bond donors (Lipinski definition) is 2. The number of nitrogens with one attached hydrogen (secondary N) is 1. The monoisotopic (exact) mass is 227 g/mol. The minimum absolute atomic E-state index is 0.792. The molecule has 0 unspecified atom stereocenters. The lowest BCUT2D eigenvalue weighted by molar-refractivity contribution is 0.761. The summed E-state index contributed by atoms with van der Waals surface area (Å²) in [5.74, 6) is 0.962. The zero-order valence-electron chi connectivity index (χ0n) is 9.82. The van der Waals surface area contributed by atoms with Crippen molar-refractivity contribution in [3.8, 4) is 0 Å². The van der Waals surface area contributed by atoms with Crippen LogP contribution in [-0.2, 0) is 0 Å². The molecule has 3 nitrogen and oxygen atoms in total. The van der Waals surface area contributed by atoms with Gasteiger partial charge in [-0.25, -0.2) is 0 Å². The molecule has 2 aromatic rings. The van der Waals surface area contributed by atoms with E-state index in [0.717, 1.165) is 34.6 Å². The van der Waals surface area contributed by atoms with E-state index in [1.807, 2.05) is 24.5 Å². The minimum Gasteiger partial charge on any atom is -0.398 e. The van der Waals surface area contributed by atoms with Gasteiger partial charge in [-0.2, -0.15) is 0 Å². The van der Waals surface area contributed by atoms with Crippen LogP contribution in [0.3, 0.4) is 0 Å². The average molecular weight is 227 g/mol. The Kier molecular flexibility index (Phi) is 2.59. The number of nitrogens with zero attached hydrogens (tertiary/aromatic N) is 1. The summed E-state index contributed by atoms with van der Waals surface area (Å²) in [5, 5.41) is 5.70. The number of anilines is 2. The van der Waals surface area contributed by atoms with E-state index in [-0.39, 0.29) is 0 Å². The van der Waals surface area contributed by atoms with E-state index < -0.39 is 0 Å². The molecule has 3 rings (SSSR count). The molecule has 0 radical (unpaired) electrons. The lowest BCUT2D eigenvalue weighted by Gasteiger charge is -2.10. The molecule has 88 valence electrons. The summed E-state index contributed by atoms with van der Waals surface area (Å²) in [5.41, 5.74) is 7.90. The maximum atomic E-state index is 5.94. The SMILES string of the molecule is Nc1ccc(NCCC2CC2)c2ccncc12. The van der Waals surface area contributed by atoms with Crippen LogP contribution in [0.4, 0.5) is 11.4 Å². The molecule has 0 aliphatic heterocycles.